The molecule has 11 heteroatoms. The first-order chi connectivity index (χ1) is 19.3. The summed E-state index contributed by atoms with van der Waals surface area (Å²) in [6.07, 6.45) is 1.81. The molecule has 3 heterocycles. The highest BCUT2D eigenvalue weighted by molar-refractivity contribution is 9.10. The van der Waals surface area contributed by atoms with Crippen LogP contribution >= 0.6 is 27.3 Å². The quantitative estimate of drug-likeness (QED) is 0.347. The monoisotopic (exact) mass is 627 g/mol. The van der Waals surface area contributed by atoms with Gasteiger partial charge in [0.2, 0.25) is 6.79 Å². The zero-order valence-corrected chi connectivity index (χ0v) is 25.3. The number of carbonyl (C=O) groups excluding carboxylic acids is 1. The largest absolute Gasteiger partial charge is 0.496 e. The summed E-state index contributed by atoms with van der Waals surface area (Å²) in [6.45, 7) is 9.71. The van der Waals surface area contributed by atoms with Gasteiger partial charge in [-0.25, -0.2) is 9.79 Å². The number of esters is 1. The van der Waals surface area contributed by atoms with Crippen molar-refractivity contribution in [3.63, 3.8) is 0 Å². The molecule has 1 aromatic heterocycles. The lowest BCUT2D eigenvalue weighted by Crippen LogP contribution is -2.39. The van der Waals surface area contributed by atoms with Gasteiger partial charge < -0.3 is 23.8 Å². The van der Waals surface area contributed by atoms with E-state index in [1.165, 1.54) is 11.3 Å². The van der Waals surface area contributed by atoms with Crippen molar-refractivity contribution in [2.45, 2.75) is 33.7 Å². The van der Waals surface area contributed by atoms with Crippen LogP contribution in [0.5, 0.6) is 17.2 Å². The van der Waals surface area contributed by atoms with Crippen LogP contribution in [0.1, 0.15) is 44.9 Å². The Bertz CT molecular complexity index is 1690. The van der Waals surface area contributed by atoms with Gasteiger partial charge in [-0.15, -0.1) is 0 Å². The molecule has 0 fully saturated rings. The number of hydrogen-bond donors (Lipinski definition) is 0. The van der Waals surface area contributed by atoms with E-state index in [4.69, 9.17) is 18.9 Å². The van der Waals surface area contributed by atoms with E-state index in [9.17, 15) is 9.59 Å². The van der Waals surface area contributed by atoms with Gasteiger partial charge in [0.25, 0.3) is 5.56 Å². The SMILES string of the molecule is CCOC(=O)C1=C(C)N=c2s/c(=C/c3cc(Br)c(N(CC)CC)cc3OC)c(=O)n2C1c1ccc2c(c1)OCO2. The Morgan fingerprint density at radius 2 is 1.95 bits per heavy atom. The van der Waals surface area contributed by atoms with Gasteiger partial charge in [0.05, 0.1) is 41.2 Å². The first-order valence-corrected chi connectivity index (χ1v) is 14.6. The van der Waals surface area contributed by atoms with Crippen molar-refractivity contribution >= 4 is 45.0 Å². The number of methoxy groups -OCH3 is 1. The minimum absolute atomic E-state index is 0.117. The number of halogens is 1. The van der Waals surface area contributed by atoms with Crippen LogP contribution in [-0.4, -0.2) is 44.1 Å². The van der Waals surface area contributed by atoms with Crippen LogP contribution in [0.4, 0.5) is 5.69 Å². The number of anilines is 1. The van der Waals surface area contributed by atoms with Crippen molar-refractivity contribution in [3.8, 4) is 17.2 Å². The summed E-state index contributed by atoms with van der Waals surface area (Å²) in [5.74, 6) is 1.30. The van der Waals surface area contributed by atoms with Gasteiger partial charge in [0.1, 0.15) is 5.75 Å². The van der Waals surface area contributed by atoms with Crippen molar-refractivity contribution in [1.29, 1.82) is 0 Å². The standard InChI is InChI=1S/C29H30BrN3O6S/c1-6-32(7-2)20-14-22(36-5)18(11-19(20)30)13-24-27(34)33-26(17-9-10-21-23(12-17)39-15-38-21)25(28(35)37-8-3)16(4)31-29(33)40-24/h9-14,26H,6-8,15H2,1-5H3/b24-13+. The number of ether oxygens (including phenoxy) is 4. The molecule has 1 atom stereocenters. The van der Waals surface area contributed by atoms with Crippen LogP contribution in [0.15, 0.2) is 55.9 Å². The fraction of sp³-hybridized carbons (Fsp3) is 0.345. The van der Waals surface area contributed by atoms with Gasteiger partial charge >= 0.3 is 5.97 Å². The van der Waals surface area contributed by atoms with E-state index in [-0.39, 0.29) is 19.0 Å². The Morgan fingerprint density at radius 1 is 1.20 bits per heavy atom. The predicted octanol–water partition coefficient (Wildman–Crippen LogP) is 4.14. The lowest BCUT2D eigenvalue weighted by Gasteiger charge is -2.24. The van der Waals surface area contributed by atoms with Crippen LogP contribution in [0, 0.1) is 0 Å². The molecule has 0 saturated heterocycles. The molecule has 2 aromatic carbocycles. The first-order valence-electron chi connectivity index (χ1n) is 13.0. The zero-order chi connectivity index (χ0) is 28.6. The predicted molar refractivity (Wildman–Crippen MR) is 157 cm³/mol. The third-order valence-corrected chi connectivity index (χ3v) is 8.54. The average molecular weight is 629 g/mol. The van der Waals surface area contributed by atoms with E-state index in [2.05, 4.69) is 39.7 Å². The lowest BCUT2D eigenvalue weighted by atomic mass is 9.95. The Balaban J connectivity index is 1.69. The van der Waals surface area contributed by atoms with E-state index in [0.29, 0.717) is 43.4 Å². The van der Waals surface area contributed by atoms with Crippen LogP contribution in [0.2, 0.25) is 0 Å². The highest BCUT2D eigenvalue weighted by Crippen LogP contribution is 2.38. The highest BCUT2D eigenvalue weighted by Gasteiger charge is 2.34. The average Bonchev–Trinajstić information content (AvgIpc) is 3.53. The number of aromatic nitrogens is 1. The Morgan fingerprint density at radius 3 is 2.65 bits per heavy atom. The number of benzene rings is 2. The number of fused-ring (bicyclic) bond motifs is 2. The van der Waals surface area contributed by atoms with Crippen molar-refractivity contribution in [2.75, 3.05) is 38.5 Å². The maximum absolute atomic E-state index is 14.0. The maximum atomic E-state index is 14.0. The van der Waals surface area contributed by atoms with Crippen LogP contribution in [0.3, 0.4) is 0 Å². The molecule has 0 N–H and O–H groups in total. The summed E-state index contributed by atoms with van der Waals surface area (Å²) in [6, 6.07) is 8.60. The Hall–Kier alpha value is -3.57. The first kappa shape index (κ1) is 28.0. The molecule has 40 heavy (non-hydrogen) atoms. The summed E-state index contributed by atoms with van der Waals surface area (Å²) in [4.78, 5) is 34.5. The van der Waals surface area contributed by atoms with Crippen molar-refractivity contribution in [2.24, 2.45) is 4.99 Å². The summed E-state index contributed by atoms with van der Waals surface area (Å²) in [5, 5.41) is 0. The number of nitrogens with zero attached hydrogens (tertiary/aromatic N) is 3. The van der Waals surface area contributed by atoms with Gasteiger partial charge in [-0.3, -0.25) is 9.36 Å². The molecule has 0 amide bonds. The van der Waals surface area contributed by atoms with Crippen LogP contribution < -0.4 is 34.0 Å². The molecule has 2 aliphatic rings. The molecule has 2 aliphatic heterocycles. The Labute approximate surface area is 244 Å². The molecule has 5 rings (SSSR count). The molecule has 0 saturated carbocycles. The van der Waals surface area contributed by atoms with Crippen LogP contribution in [-0.2, 0) is 9.53 Å². The van der Waals surface area contributed by atoms with Gasteiger partial charge in [0.15, 0.2) is 16.3 Å². The molecule has 1 unspecified atom stereocenters. The van der Waals surface area contributed by atoms with E-state index in [0.717, 1.165) is 28.8 Å². The molecule has 210 valence electrons. The number of carbonyl (C=O) groups is 1. The van der Waals surface area contributed by atoms with E-state index in [1.807, 2.05) is 18.2 Å². The fourth-order valence-electron chi connectivity index (χ4n) is 4.99. The van der Waals surface area contributed by atoms with Gasteiger partial charge in [-0.1, -0.05) is 17.4 Å². The van der Waals surface area contributed by atoms with Gasteiger partial charge in [-0.05, 0) is 73.5 Å². The summed E-state index contributed by atoms with van der Waals surface area (Å²) >= 11 is 4.96. The van der Waals surface area contributed by atoms with Crippen molar-refractivity contribution in [1.82, 2.24) is 4.57 Å². The topological polar surface area (TPSA) is 91.6 Å². The molecule has 0 bridgehead atoms. The summed E-state index contributed by atoms with van der Waals surface area (Å²) in [7, 11) is 1.61. The second-order valence-corrected chi connectivity index (χ2v) is 11.0. The summed E-state index contributed by atoms with van der Waals surface area (Å²) < 4.78 is 25.1. The third kappa shape index (κ3) is 4.92. The smallest absolute Gasteiger partial charge is 0.338 e. The Kier molecular flexibility index (Phi) is 8.04. The second-order valence-electron chi connectivity index (χ2n) is 9.13. The maximum Gasteiger partial charge on any atom is 0.338 e. The minimum atomic E-state index is -0.745. The second kappa shape index (κ2) is 11.5. The third-order valence-electron chi connectivity index (χ3n) is 6.92. The van der Waals surface area contributed by atoms with Crippen molar-refractivity contribution < 1.29 is 23.7 Å². The fourth-order valence-corrected chi connectivity index (χ4v) is 6.63. The normalized spacial score (nSPS) is 16.1. The van der Waals surface area contributed by atoms with Gasteiger partial charge in [0, 0.05) is 29.2 Å². The molecule has 3 aromatic rings. The van der Waals surface area contributed by atoms with E-state index >= 15 is 0 Å². The minimum Gasteiger partial charge on any atom is -0.496 e. The molecule has 0 radical (unpaired) electrons. The van der Waals surface area contributed by atoms with Gasteiger partial charge in [-0.2, -0.15) is 0 Å². The molecule has 0 spiro atoms. The molecular formula is C29H30BrN3O6S. The lowest BCUT2D eigenvalue weighted by molar-refractivity contribution is -0.139. The molecular weight excluding hydrogens is 598 g/mol. The van der Waals surface area contributed by atoms with Crippen molar-refractivity contribution in [3.05, 3.63) is 76.9 Å². The number of rotatable bonds is 8. The number of thiazole rings is 1. The van der Waals surface area contributed by atoms with E-state index < -0.39 is 12.0 Å². The number of allylic oxidation sites excluding steroid dienone is 1. The molecule has 0 aliphatic carbocycles. The zero-order valence-electron chi connectivity index (χ0n) is 22.9. The number of hydrogen-bond acceptors (Lipinski definition) is 9. The van der Waals surface area contributed by atoms with Crippen LogP contribution in [0.25, 0.3) is 6.08 Å². The van der Waals surface area contributed by atoms with E-state index in [1.54, 1.807) is 43.7 Å². The molecule has 9 nitrogen and oxygen atoms in total. The highest BCUT2D eigenvalue weighted by atomic mass is 79.9. The summed E-state index contributed by atoms with van der Waals surface area (Å²) in [5.41, 5.74) is 2.99.